The van der Waals surface area contributed by atoms with Crippen LogP contribution in [0.5, 0.6) is 0 Å². The summed E-state index contributed by atoms with van der Waals surface area (Å²) >= 11 is 3.24. The quantitative estimate of drug-likeness (QED) is 0.445. The third-order valence-electron chi connectivity index (χ3n) is 4.72. The second-order valence-electron chi connectivity index (χ2n) is 6.57. The summed E-state index contributed by atoms with van der Waals surface area (Å²) in [4.78, 5) is 24.8. The van der Waals surface area contributed by atoms with Gasteiger partial charge in [0.1, 0.15) is 16.9 Å². The zero-order valence-electron chi connectivity index (χ0n) is 15.3. The van der Waals surface area contributed by atoms with E-state index in [1.807, 2.05) is 63.9 Å². The Labute approximate surface area is 174 Å². The van der Waals surface area contributed by atoms with E-state index in [9.17, 15) is 4.79 Å². The fourth-order valence-corrected chi connectivity index (χ4v) is 4.67. The number of carbonyl (C=O) groups is 1. The first-order chi connectivity index (χ1) is 14.2. The van der Waals surface area contributed by atoms with Gasteiger partial charge in [-0.2, -0.15) is 0 Å². The number of anilines is 1. The van der Waals surface area contributed by atoms with Crippen LogP contribution in [0.2, 0.25) is 0 Å². The highest BCUT2D eigenvalue weighted by Crippen LogP contribution is 2.29. The van der Waals surface area contributed by atoms with Crippen molar-refractivity contribution >= 4 is 56.6 Å². The van der Waals surface area contributed by atoms with E-state index in [2.05, 4.69) is 5.32 Å². The number of aromatic nitrogens is 3. The first-order valence-electron chi connectivity index (χ1n) is 9.08. The van der Waals surface area contributed by atoms with Crippen molar-refractivity contribution in [3.63, 3.8) is 0 Å². The molecule has 1 amide bonds. The predicted molar refractivity (Wildman–Crippen MR) is 118 cm³/mol. The summed E-state index contributed by atoms with van der Waals surface area (Å²) in [6.07, 6.45) is 0. The maximum Gasteiger partial charge on any atom is 0.257 e. The zero-order chi connectivity index (χ0) is 19.8. The number of hydrogen-bond donors (Lipinski definition) is 2. The lowest BCUT2D eigenvalue weighted by Crippen LogP contribution is -2.23. The molecule has 8 heteroatoms. The molecule has 5 rings (SSSR count). The van der Waals surface area contributed by atoms with Crippen LogP contribution in [-0.4, -0.2) is 20.4 Å². The van der Waals surface area contributed by atoms with E-state index < -0.39 is 0 Å². The van der Waals surface area contributed by atoms with E-state index in [4.69, 9.17) is 15.7 Å². The Bertz CT molecular complexity index is 1310. The Morgan fingerprint density at radius 1 is 0.966 bits per heavy atom. The van der Waals surface area contributed by atoms with Gasteiger partial charge in [0.05, 0.1) is 24.1 Å². The van der Waals surface area contributed by atoms with Gasteiger partial charge in [-0.05, 0) is 35.0 Å². The molecule has 29 heavy (non-hydrogen) atoms. The lowest BCUT2D eigenvalue weighted by Gasteiger charge is -2.07. The number of fused-ring (bicyclic) bond motifs is 2. The van der Waals surface area contributed by atoms with Crippen molar-refractivity contribution in [2.75, 3.05) is 5.73 Å². The number of nitrogens with two attached hydrogens (primary N) is 1. The Morgan fingerprint density at radius 3 is 2.34 bits per heavy atom. The van der Waals surface area contributed by atoms with Crippen LogP contribution in [0, 0.1) is 0 Å². The molecule has 0 atom stereocenters. The van der Waals surface area contributed by atoms with Crippen molar-refractivity contribution < 1.29 is 4.79 Å². The smallest absolute Gasteiger partial charge is 0.257 e. The minimum absolute atomic E-state index is 0.240. The third-order valence-corrected chi connectivity index (χ3v) is 6.45. The largest absolute Gasteiger partial charge is 0.384 e. The standard InChI is InChI=1S/C21H17N5OS2/c22-19-17(21(27)23-11-13-5-3-9-28-13)18-20(26(19)12-14-6-4-10-29-14)25-16-8-2-1-7-15(16)24-18/h1-10H,11-12,22H2,(H,23,27). The molecule has 1 aromatic carbocycles. The maximum absolute atomic E-state index is 13.1. The summed E-state index contributed by atoms with van der Waals surface area (Å²) in [6, 6.07) is 15.6. The molecule has 0 spiro atoms. The SMILES string of the molecule is Nc1c(C(=O)NCc2cccs2)c2nc3ccccc3nc2n1Cc1cccs1. The van der Waals surface area contributed by atoms with Gasteiger partial charge in [-0.15, -0.1) is 22.7 Å². The van der Waals surface area contributed by atoms with Gasteiger partial charge in [0, 0.05) is 9.75 Å². The first kappa shape index (κ1) is 17.8. The fraction of sp³-hybridized carbons (Fsp3) is 0.0952. The summed E-state index contributed by atoms with van der Waals surface area (Å²) in [7, 11) is 0. The number of carbonyl (C=O) groups excluding carboxylic acids is 1. The van der Waals surface area contributed by atoms with E-state index in [0.29, 0.717) is 35.6 Å². The Balaban J connectivity index is 1.64. The van der Waals surface area contributed by atoms with E-state index >= 15 is 0 Å². The number of nitrogens with one attached hydrogen (secondary N) is 1. The molecule has 0 unspecified atom stereocenters. The minimum Gasteiger partial charge on any atom is -0.384 e. The van der Waals surface area contributed by atoms with Crippen LogP contribution in [0.1, 0.15) is 20.1 Å². The fourth-order valence-electron chi connectivity index (χ4n) is 3.33. The molecular formula is C21H17N5OS2. The molecule has 0 saturated carbocycles. The molecule has 4 heterocycles. The van der Waals surface area contributed by atoms with Crippen LogP contribution in [0.15, 0.2) is 59.3 Å². The van der Waals surface area contributed by atoms with Crippen molar-refractivity contribution in [3.05, 3.63) is 74.6 Å². The van der Waals surface area contributed by atoms with E-state index in [0.717, 1.165) is 20.8 Å². The van der Waals surface area contributed by atoms with Crippen LogP contribution in [-0.2, 0) is 13.1 Å². The molecule has 0 aliphatic heterocycles. The van der Waals surface area contributed by atoms with Crippen molar-refractivity contribution in [3.8, 4) is 0 Å². The highest BCUT2D eigenvalue weighted by atomic mass is 32.1. The third kappa shape index (κ3) is 3.26. The number of para-hydroxylation sites is 2. The van der Waals surface area contributed by atoms with Gasteiger partial charge in [0.2, 0.25) is 0 Å². The number of hydrogen-bond acceptors (Lipinski definition) is 6. The van der Waals surface area contributed by atoms with Crippen LogP contribution in [0.25, 0.3) is 22.2 Å². The number of nitrogen functional groups attached to an aromatic ring is 1. The molecule has 0 saturated heterocycles. The molecule has 0 fully saturated rings. The topological polar surface area (TPSA) is 85.8 Å². The van der Waals surface area contributed by atoms with Gasteiger partial charge in [-0.3, -0.25) is 4.79 Å². The number of amides is 1. The Kier molecular flexibility index (Phi) is 4.49. The highest BCUT2D eigenvalue weighted by Gasteiger charge is 2.24. The van der Waals surface area contributed by atoms with Gasteiger partial charge in [-0.1, -0.05) is 24.3 Å². The molecule has 4 aromatic heterocycles. The molecule has 0 aliphatic rings. The van der Waals surface area contributed by atoms with E-state index in [1.165, 1.54) is 0 Å². The molecule has 5 aromatic rings. The number of thiophene rings is 2. The summed E-state index contributed by atoms with van der Waals surface area (Å²) in [5, 5.41) is 6.97. The zero-order valence-corrected chi connectivity index (χ0v) is 17.0. The average Bonchev–Trinajstić information content (AvgIpc) is 3.48. The molecule has 0 bridgehead atoms. The van der Waals surface area contributed by atoms with Crippen molar-refractivity contribution in [1.29, 1.82) is 0 Å². The second-order valence-corrected chi connectivity index (χ2v) is 8.64. The van der Waals surface area contributed by atoms with Gasteiger partial charge < -0.3 is 15.6 Å². The average molecular weight is 420 g/mol. The summed E-state index contributed by atoms with van der Waals surface area (Å²) in [5.74, 6) is 0.141. The van der Waals surface area contributed by atoms with Crippen molar-refractivity contribution in [2.45, 2.75) is 13.1 Å². The number of nitrogens with zero attached hydrogens (tertiary/aromatic N) is 3. The van der Waals surface area contributed by atoms with E-state index in [1.54, 1.807) is 22.7 Å². The summed E-state index contributed by atoms with van der Waals surface area (Å²) in [6.45, 7) is 1.000. The van der Waals surface area contributed by atoms with Gasteiger partial charge in [-0.25, -0.2) is 9.97 Å². The molecule has 144 valence electrons. The predicted octanol–water partition coefficient (Wildman–Crippen LogP) is 4.27. The molecule has 0 radical (unpaired) electrons. The van der Waals surface area contributed by atoms with Gasteiger partial charge >= 0.3 is 0 Å². The summed E-state index contributed by atoms with van der Waals surface area (Å²) < 4.78 is 1.88. The van der Waals surface area contributed by atoms with Crippen molar-refractivity contribution in [2.24, 2.45) is 0 Å². The first-order valence-corrected chi connectivity index (χ1v) is 10.8. The second kappa shape index (κ2) is 7.31. The normalized spacial score (nSPS) is 11.3. The van der Waals surface area contributed by atoms with Gasteiger partial charge in [0.15, 0.2) is 5.65 Å². The number of benzene rings is 1. The van der Waals surface area contributed by atoms with Gasteiger partial charge in [0.25, 0.3) is 5.91 Å². The highest BCUT2D eigenvalue weighted by molar-refractivity contribution is 7.10. The monoisotopic (exact) mass is 419 g/mol. The van der Waals surface area contributed by atoms with Crippen molar-refractivity contribution in [1.82, 2.24) is 19.9 Å². The Morgan fingerprint density at radius 2 is 1.66 bits per heavy atom. The molecule has 0 aliphatic carbocycles. The van der Waals surface area contributed by atoms with E-state index in [-0.39, 0.29) is 5.91 Å². The van der Waals surface area contributed by atoms with Crippen LogP contribution >= 0.6 is 22.7 Å². The maximum atomic E-state index is 13.1. The molecular weight excluding hydrogens is 402 g/mol. The minimum atomic E-state index is -0.240. The van der Waals surface area contributed by atoms with Crippen LogP contribution in [0.4, 0.5) is 5.82 Å². The lowest BCUT2D eigenvalue weighted by molar-refractivity contribution is 0.0953. The van der Waals surface area contributed by atoms with Crippen LogP contribution in [0.3, 0.4) is 0 Å². The molecule has 6 nitrogen and oxygen atoms in total. The van der Waals surface area contributed by atoms with Crippen LogP contribution < -0.4 is 11.1 Å². The number of rotatable bonds is 5. The Hall–Kier alpha value is -3.23. The summed E-state index contributed by atoms with van der Waals surface area (Å²) in [5.41, 5.74) is 9.52. The lowest BCUT2D eigenvalue weighted by atomic mass is 10.2. The molecule has 3 N–H and O–H groups in total.